The number of aliphatic hydroxyl groups is 1. The van der Waals surface area contributed by atoms with Crippen molar-refractivity contribution >= 4 is 0 Å². The fourth-order valence-corrected chi connectivity index (χ4v) is 2.21. The molecule has 1 N–H and O–H groups in total. The highest BCUT2D eigenvalue weighted by Gasteiger charge is 2.09. The van der Waals surface area contributed by atoms with Crippen LogP contribution in [0.1, 0.15) is 45.1 Å². The lowest BCUT2D eigenvalue weighted by atomic mass is 9.97. The summed E-state index contributed by atoms with van der Waals surface area (Å²) in [7, 11) is 0. The number of aliphatic hydroxyl groups excluding tert-OH is 1. The highest BCUT2D eigenvalue weighted by atomic mass is 16.5. The molecule has 0 saturated carbocycles. The first-order valence-corrected chi connectivity index (χ1v) is 6.99. The summed E-state index contributed by atoms with van der Waals surface area (Å²) in [5.74, 6) is 1.49. The summed E-state index contributed by atoms with van der Waals surface area (Å²) in [6, 6.07) is 8.02. The summed E-state index contributed by atoms with van der Waals surface area (Å²) in [4.78, 5) is 0. The smallest absolute Gasteiger partial charge is 0.119 e. The lowest BCUT2D eigenvalue weighted by Crippen LogP contribution is -2.15. The van der Waals surface area contributed by atoms with Gasteiger partial charge in [0.2, 0.25) is 0 Å². The molecule has 2 nitrogen and oxygen atoms in total. The zero-order valence-electron chi connectivity index (χ0n) is 11.9. The molecule has 2 atom stereocenters. The lowest BCUT2D eigenvalue weighted by Gasteiger charge is -2.16. The van der Waals surface area contributed by atoms with Crippen LogP contribution in [0.3, 0.4) is 0 Å². The van der Waals surface area contributed by atoms with Crippen molar-refractivity contribution in [3.63, 3.8) is 0 Å². The van der Waals surface area contributed by atoms with E-state index in [-0.39, 0.29) is 6.10 Å². The standard InChI is InChI=1S/C16H26O2/c1-4-6-13(2)11-15(17)9-10-18-16-8-5-7-14(3)12-16/h5,7-8,12-13,15,17H,4,6,9-11H2,1-3H3. The highest BCUT2D eigenvalue weighted by Crippen LogP contribution is 2.16. The Morgan fingerprint density at radius 1 is 1.28 bits per heavy atom. The maximum Gasteiger partial charge on any atom is 0.119 e. The molecular formula is C16H26O2. The zero-order chi connectivity index (χ0) is 13.4. The fourth-order valence-electron chi connectivity index (χ4n) is 2.21. The number of aryl methyl sites for hydroxylation is 1. The number of hydrogen-bond acceptors (Lipinski definition) is 2. The molecule has 0 aromatic heterocycles. The van der Waals surface area contributed by atoms with Crippen LogP contribution in [-0.4, -0.2) is 17.8 Å². The molecule has 1 rings (SSSR count). The Balaban J connectivity index is 2.21. The fraction of sp³-hybridized carbons (Fsp3) is 0.625. The number of hydrogen-bond donors (Lipinski definition) is 1. The summed E-state index contributed by atoms with van der Waals surface area (Å²) < 4.78 is 5.64. The minimum absolute atomic E-state index is 0.239. The third kappa shape index (κ3) is 6.06. The molecule has 0 fully saturated rings. The second kappa shape index (κ2) is 8.15. The quantitative estimate of drug-likeness (QED) is 0.757. The normalized spacial score (nSPS) is 14.2. The first-order chi connectivity index (χ1) is 8.61. The van der Waals surface area contributed by atoms with Gasteiger partial charge in [0.05, 0.1) is 12.7 Å². The highest BCUT2D eigenvalue weighted by molar-refractivity contribution is 5.27. The molecule has 18 heavy (non-hydrogen) atoms. The number of rotatable bonds is 8. The van der Waals surface area contributed by atoms with Gasteiger partial charge in [-0.1, -0.05) is 38.8 Å². The minimum atomic E-state index is -0.239. The first-order valence-electron chi connectivity index (χ1n) is 6.99. The van der Waals surface area contributed by atoms with E-state index in [4.69, 9.17) is 4.74 Å². The van der Waals surface area contributed by atoms with Gasteiger partial charge in [-0.25, -0.2) is 0 Å². The minimum Gasteiger partial charge on any atom is -0.493 e. The van der Waals surface area contributed by atoms with E-state index < -0.39 is 0 Å². The van der Waals surface area contributed by atoms with E-state index in [2.05, 4.69) is 13.8 Å². The van der Waals surface area contributed by atoms with Crippen molar-refractivity contribution in [1.82, 2.24) is 0 Å². The Kier molecular flexibility index (Phi) is 6.81. The van der Waals surface area contributed by atoms with E-state index in [0.717, 1.165) is 12.2 Å². The van der Waals surface area contributed by atoms with Crippen LogP contribution < -0.4 is 4.74 Å². The Morgan fingerprint density at radius 3 is 2.72 bits per heavy atom. The Labute approximate surface area is 111 Å². The molecule has 1 aromatic rings. The summed E-state index contributed by atoms with van der Waals surface area (Å²) in [6.07, 6.45) is 3.73. The van der Waals surface area contributed by atoms with Crippen LogP contribution in [0.25, 0.3) is 0 Å². The molecule has 102 valence electrons. The lowest BCUT2D eigenvalue weighted by molar-refractivity contribution is 0.114. The van der Waals surface area contributed by atoms with Crippen molar-refractivity contribution < 1.29 is 9.84 Å². The van der Waals surface area contributed by atoms with Gasteiger partial charge in [-0.2, -0.15) is 0 Å². The molecule has 0 spiro atoms. The van der Waals surface area contributed by atoms with Gasteiger partial charge >= 0.3 is 0 Å². The molecule has 0 aliphatic carbocycles. The van der Waals surface area contributed by atoms with Gasteiger partial charge in [-0.15, -0.1) is 0 Å². The summed E-state index contributed by atoms with van der Waals surface area (Å²) in [6.45, 7) is 7.02. The van der Waals surface area contributed by atoms with Gasteiger partial charge in [-0.05, 0) is 37.0 Å². The van der Waals surface area contributed by atoms with Gasteiger partial charge in [0.15, 0.2) is 0 Å². The Morgan fingerprint density at radius 2 is 2.06 bits per heavy atom. The SMILES string of the molecule is CCCC(C)CC(O)CCOc1cccc(C)c1. The second-order valence-corrected chi connectivity index (χ2v) is 5.24. The van der Waals surface area contributed by atoms with Crippen LogP contribution in [0, 0.1) is 12.8 Å². The molecular weight excluding hydrogens is 224 g/mol. The third-order valence-corrected chi connectivity index (χ3v) is 3.17. The van der Waals surface area contributed by atoms with Crippen LogP contribution in [0.15, 0.2) is 24.3 Å². The third-order valence-electron chi connectivity index (χ3n) is 3.17. The van der Waals surface area contributed by atoms with Crippen LogP contribution in [0.4, 0.5) is 0 Å². The summed E-state index contributed by atoms with van der Waals surface area (Å²) in [5, 5.41) is 9.90. The molecule has 1 aromatic carbocycles. The van der Waals surface area contributed by atoms with Crippen molar-refractivity contribution in [2.45, 2.75) is 52.6 Å². The van der Waals surface area contributed by atoms with Crippen molar-refractivity contribution in [3.05, 3.63) is 29.8 Å². The number of benzene rings is 1. The zero-order valence-corrected chi connectivity index (χ0v) is 11.9. The van der Waals surface area contributed by atoms with Gasteiger partial charge in [0.1, 0.15) is 5.75 Å². The summed E-state index contributed by atoms with van der Waals surface area (Å²) >= 11 is 0. The summed E-state index contributed by atoms with van der Waals surface area (Å²) in [5.41, 5.74) is 1.20. The number of ether oxygens (including phenoxy) is 1. The topological polar surface area (TPSA) is 29.5 Å². The molecule has 0 radical (unpaired) electrons. The van der Waals surface area contributed by atoms with E-state index in [1.165, 1.54) is 18.4 Å². The molecule has 0 aliphatic rings. The van der Waals surface area contributed by atoms with E-state index in [9.17, 15) is 5.11 Å². The average Bonchev–Trinajstić information content (AvgIpc) is 2.29. The van der Waals surface area contributed by atoms with Gasteiger partial charge in [-0.3, -0.25) is 0 Å². The van der Waals surface area contributed by atoms with Crippen LogP contribution >= 0.6 is 0 Å². The first kappa shape index (κ1) is 15.0. The van der Waals surface area contributed by atoms with Crippen LogP contribution in [0.5, 0.6) is 5.75 Å². The van der Waals surface area contributed by atoms with Crippen LogP contribution in [-0.2, 0) is 0 Å². The Bertz CT molecular complexity index is 336. The van der Waals surface area contributed by atoms with E-state index in [1.807, 2.05) is 31.2 Å². The van der Waals surface area contributed by atoms with E-state index in [0.29, 0.717) is 18.9 Å². The van der Waals surface area contributed by atoms with Gasteiger partial charge in [0.25, 0.3) is 0 Å². The predicted molar refractivity (Wildman–Crippen MR) is 76.0 cm³/mol. The van der Waals surface area contributed by atoms with Crippen molar-refractivity contribution in [2.75, 3.05) is 6.61 Å². The van der Waals surface area contributed by atoms with E-state index in [1.54, 1.807) is 0 Å². The van der Waals surface area contributed by atoms with Crippen LogP contribution in [0.2, 0.25) is 0 Å². The molecule has 0 heterocycles. The van der Waals surface area contributed by atoms with Crippen molar-refractivity contribution in [1.29, 1.82) is 0 Å². The van der Waals surface area contributed by atoms with Gasteiger partial charge in [0, 0.05) is 6.42 Å². The molecule has 0 bridgehead atoms. The predicted octanol–water partition coefficient (Wildman–Crippen LogP) is 3.95. The second-order valence-electron chi connectivity index (χ2n) is 5.24. The molecule has 0 aliphatic heterocycles. The Hall–Kier alpha value is -1.02. The van der Waals surface area contributed by atoms with E-state index >= 15 is 0 Å². The van der Waals surface area contributed by atoms with Crippen molar-refractivity contribution in [3.8, 4) is 5.75 Å². The maximum absolute atomic E-state index is 9.90. The van der Waals surface area contributed by atoms with Crippen molar-refractivity contribution in [2.24, 2.45) is 5.92 Å². The molecule has 0 saturated heterocycles. The monoisotopic (exact) mass is 250 g/mol. The molecule has 2 heteroatoms. The molecule has 2 unspecified atom stereocenters. The average molecular weight is 250 g/mol. The maximum atomic E-state index is 9.90. The van der Waals surface area contributed by atoms with Gasteiger partial charge < -0.3 is 9.84 Å². The molecule has 0 amide bonds. The largest absolute Gasteiger partial charge is 0.493 e.